The van der Waals surface area contributed by atoms with Crippen molar-refractivity contribution >= 4 is 46.1 Å². The number of hydrogen-bond acceptors (Lipinski definition) is 4. The van der Waals surface area contributed by atoms with E-state index in [1.807, 2.05) is 0 Å². The minimum Gasteiger partial charge on any atom is -0.478 e. The third-order valence-electron chi connectivity index (χ3n) is 4.96. The van der Waals surface area contributed by atoms with Crippen LogP contribution in [0.5, 0.6) is 0 Å². The largest absolute Gasteiger partial charge is 0.478 e. The van der Waals surface area contributed by atoms with Crippen molar-refractivity contribution in [3.05, 3.63) is 94.5 Å². The Morgan fingerprint density at radius 3 is 1.88 bits per heavy atom. The molecule has 0 fully saturated rings. The molecule has 0 spiro atoms. The van der Waals surface area contributed by atoms with Gasteiger partial charge in [0.25, 0.3) is 0 Å². The van der Waals surface area contributed by atoms with Crippen molar-refractivity contribution in [3.8, 4) is 0 Å². The molecule has 0 bridgehead atoms. The smallest absolute Gasteiger partial charge is 0.335 e. The van der Waals surface area contributed by atoms with Crippen molar-refractivity contribution in [2.24, 2.45) is 0 Å². The number of amides is 1. The fourth-order valence-electron chi connectivity index (χ4n) is 3.16. The van der Waals surface area contributed by atoms with Gasteiger partial charge < -0.3 is 15.5 Å². The molecule has 0 heterocycles. The van der Waals surface area contributed by atoms with Crippen LogP contribution in [0.15, 0.2) is 77.7 Å². The Morgan fingerprint density at radius 1 is 0.824 bits per heavy atom. The van der Waals surface area contributed by atoms with Gasteiger partial charge in [-0.2, -0.15) is 0 Å². The van der Waals surface area contributed by atoms with E-state index in [-0.39, 0.29) is 35.9 Å². The highest BCUT2D eigenvalue weighted by molar-refractivity contribution is 7.83. The number of benzene rings is 3. The number of anilines is 1. The molecule has 2 unspecified atom stereocenters. The maximum Gasteiger partial charge on any atom is 0.335 e. The summed E-state index contributed by atoms with van der Waals surface area (Å²) in [6.07, 6.45) is 0.0600. The molecule has 0 aliphatic heterocycles. The normalized spacial score (nSPS) is 12.5. The van der Waals surface area contributed by atoms with Gasteiger partial charge in [0.2, 0.25) is 5.91 Å². The molecule has 0 aliphatic carbocycles. The monoisotopic (exact) mass is 500 g/mol. The van der Waals surface area contributed by atoms with Crippen LogP contribution in [0, 0.1) is 0 Å². The minimum atomic E-state index is -1.62. The van der Waals surface area contributed by atoms with Crippen LogP contribution >= 0.6 is 11.6 Å². The Balaban J connectivity index is 1.68. The lowest BCUT2D eigenvalue weighted by Crippen LogP contribution is -2.27. The maximum absolute atomic E-state index is 12.7. The molecular formula is C24H21ClN2O6S. The molecule has 2 atom stereocenters. The summed E-state index contributed by atoms with van der Waals surface area (Å²) in [5.74, 6) is -2.78. The van der Waals surface area contributed by atoms with Gasteiger partial charge in [-0.25, -0.2) is 18.5 Å². The van der Waals surface area contributed by atoms with Gasteiger partial charge in [0.15, 0.2) is 0 Å². The molecule has 176 valence electrons. The summed E-state index contributed by atoms with van der Waals surface area (Å²) in [6.45, 7) is 0.195. The molecule has 3 rings (SSSR count). The Hall–Kier alpha value is -3.53. The van der Waals surface area contributed by atoms with Crippen molar-refractivity contribution < 1.29 is 28.8 Å². The average molecular weight is 501 g/mol. The van der Waals surface area contributed by atoms with Gasteiger partial charge in [0, 0.05) is 29.6 Å². The second kappa shape index (κ2) is 11.6. The lowest BCUT2D eigenvalue weighted by atomic mass is 9.95. The first-order valence-electron chi connectivity index (χ1n) is 10.1. The van der Waals surface area contributed by atoms with Gasteiger partial charge in [0.1, 0.15) is 11.0 Å². The van der Waals surface area contributed by atoms with E-state index in [2.05, 4.69) is 10.0 Å². The maximum atomic E-state index is 12.7. The van der Waals surface area contributed by atoms with Gasteiger partial charge >= 0.3 is 11.9 Å². The molecule has 3 aromatic rings. The van der Waals surface area contributed by atoms with Gasteiger partial charge in [-0.15, -0.1) is 0 Å². The number of carboxylic acid groups (broad SMARTS) is 2. The van der Waals surface area contributed by atoms with Crippen LogP contribution in [0.3, 0.4) is 0 Å². The van der Waals surface area contributed by atoms with Crippen LogP contribution in [0.2, 0.25) is 5.02 Å². The van der Waals surface area contributed by atoms with Crippen molar-refractivity contribution in [1.29, 1.82) is 0 Å². The first-order valence-corrected chi connectivity index (χ1v) is 11.6. The van der Waals surface area contributed by atoms with E-state index in [9.17, 15) is 18.6 Å². The van der Waals surface area contributed by atoms with Gasteiger partial charge in [-0.1, -0.05) is 23.7 Å². The van der Waals surface area contributed by atoms with Gasteiger partial charge in [-0.3, -0.25) is 4.79 Å². The average Bonchev–Trinajstić information content (AvgIpc) is 2.82. The van der Waals surface area contributed by atoms with Crippen LogP contribution < -0.4 is 10.0 Å². The summed E-state index contributed by atoms with van der Waals surface area (Å²) in [7, 11) is -1.62. The van der Waals surface area contributed by atoms with E-state index < -0.39 is 22.9 Å². The summed E-state index contributed by atoms with van der Waals surface area (Å²) in [5.41, 5.74) is 1.47. The van der Waals surface area contributed by atoms with E-state index in [1.165, 1.54) is 48.5 Å². The highest BCUT2D eigenvalue weighted by atomic mass is 35.5. The van der Waals surface area contributed by atoms with E-state index in [0.29, 0.717) is 15.6 Å². The Labute approximate surface area is 203 Å². The Bertz CT molecular complexity index is 1200. The molecule has 0 radical (unpaired) electrons. The molecule has 0 aromatic heterocycles. The first kappa shape index (κ1) is 25.1. The number of rotatable bonds is 10. The minimum absolute atomic E-state index is 0.0600. The van der Waals surface area contributed by atoms with Crippen LogP contribution in [0.25, 0.3) is 0 Å². The van der Waals surface area contributed by atoms with E-state index in [1.54, 1.807) is 24.3 Å². The second-order valence-electron chi connectivity index (χ2n) is 7.33. The van der Waals surface area contributed by atoms with E-state index >= 15 is 0 Å². The lowest BCUT2D eigenvalue weighted by Gasteiger charge is -2.18. The summed E-state index contributed by atoms with van der Waals surface area (Å²) >= 11 is 5.98. The summed E-state index contributed by atoms with van der Waals surface area (Å²) < 4.78 is 15.6. The zero-order chi connectivity index (χ0) is 24.7. The van der Waals surface area contributed by atoms with Crippen molar-refractivity contribution in [3.63, 3.8) is 0 Å². The molecule has 10 heteroatoms. The number of nitrogens with one attached hydrogen (secondary N) is 2. The fraction of sp³-hybridized carbons (Fsp3) is 0.125. The Kier molecular flexibility index (Phi) is 8.53. The topological polar surface area (TPSA) is 133 Å². The molecule has 0 saturated carbocycles. The van der Waals surface area contributed by atoms with Crippen LogP contribution in [0.1, 0.15) is 38.6 Å². The molecule has 8 nitrogen and oxygen atoms in total. The lowest BCUT2D eigenvalue weighted by molar-refractivity contribution is -0.116. The standard InChI is InChI=1S/C24H21ClN2O6S/c25-19-7-1-15(2-8-19)18(13-22(28)27-20-9-3-16(4-10-20)23(29)30)14-26-34(33)21-11-5-17(6-12-21)24(31)32/h1-12,18,26H,13-14H2,(H,27,28)(H,29,30)(H,31,32). The van der Waals surface area contributed by atoms with Crippen molar-refractivity contribution in [1.82, 2.24) is 4.72 Å². The number of carbonyl (C=O) groups is 3. The van der Waals surface area contributed by atoms with Crippen molar-refractivity contribution in [2.45, 2.75) is 17.2 Å². The highest BCUT2D eigenvalue weighted by Crippen LogP contribution is 2.23. The van der Waals surface area contributed by atoms with Crippen molar-refractivity contribution in [2.75, 3.05) is 11.9 Å². The molecule has 0 aliphatic rings. The Morgan fingerprint density at radius 2 is 1.35 bits per heavy atom. The second-order valence-corrected chi connectivity index (χ2v) is 9.06. The first-order chi connectivity index (χ1) is 16.2. The number of aromatic carboxylic acids is 2. The van der Waals surface area contributed by atoms with Crippen LogP contribution in [-0.2, 0) is 15.8 Å². The third kappa shape index (κ3) is 6.98. The zero-order valence-electron chi connectivity index (χ0n) is 17.7. The quantitative estimate of drug-likeness (QED) is 0.330. The molecule has 4 N–H and O–H groups in total. The predicted molar refractivity (Wildman–Crippen MR) is 129 cm³/mol. The summed E-state index contributed by atoms with van der Waals surface area (Å²) in [4.78, 5) is 35.1. The van der Waals surface area contributed by atoms with Gasteiger partial charge in [0.05, 0.1) is 16.0 Å². The fourth-order valence-corrected chi connectivity index (χ4v) is 4.18. The predicted octanol–water partition coefficient (Wildman–Crippen LogP) is 4.16. The van der Waals surface area contributed by atoms with Crippen LogP contribution in [0.4, 0.5) is 5.69 Å². The number of carboxylic acids is 2. The molecule has 1 amide bonds. The highest BCUT2D eigenvalue weighted by Gasteiger charge is 2.18. The number of hydrogen-bond donors (Lipinski definition) is 4. The number of halogens is 1. The molecular weight excluding hydrogens is 480 g/mol. The van der Waals surface area contributed by atoms with E-state index in [0.717, 1.165) is 5.56 Å². The third-order valence-corrected chi connectivity index (χ3v) is 6.35. The zero-order valence-corrected chi connectivity index (χ0v) is 19.3. The van der Waals surface area contributed by atoms with E-state index in [4.69, 9.17) is 21.8 Å². The SMILES string of the molecule is O=C(CC(CNS(=O)c1ccc(C(=O)O)cc1)c1ccc(Cl)cc1)Nc1ccc(C(=O)O)cc1. The number of carbonyl (C=O) groups excluding carboxylic acids is 1. The molecule has 3 aromatic carbocycles. The van der Waals surface area contributed by atoms with Crippen LogP contribution in [-0.4, -0.2) is 38.8 Å². The molecule has 0 saturated heterocycles. The summed E-state index contributed by atoms with van der Waals surface area (Å²) in [6, 6.07) is 18.5. The summed E-state index contributed by atoms with van der Waals surface area (Å²) in [5, 5.41) is 21.3. The van der Waals surface area contributed by atoms with Gasteiger partial charge in [-0.05, 0) is 66.2 Å². The molecule has 34 heavy (non-hydrogen) atoms.